The molecule has 2 aromatic carbocycles. The highest BCUT2D eigenvalue weighted by Gasteiger charge is 2.27. The summed E-state index contributed by atoms with van der Waals surface area (Å²) in [6.07, 6.45) is 2.32. The lowest BCUT2D eigenvalue weighted by Crippen LogP contribution is -2.50. The minimum atomic E-state index is 0.0252. The molecule has 6 heteroatoms. The summed E-state index contributed by atoms with van der Waals surface area (Å²) >= 11 is 1.47. The number of carbonyl (C=O) groups excluding carboxylic acids is 2. The summed E-state index contributed by atoms with van der Waals surface area (Å²) < 4.78 is 0. The van der Waals surface area contributed by atoms with Crippen LogP contribution in [0.15, 0.2) is 48.5 Å². The zero-order valence-corrected chi connectivity index (χ0v) is 20.5. The lowest BCUT2D eigenvalue weighted by Gasteiger charge is -2.34. The first-order valence-corrected chi connectivity index (χ1v) is 12.4. The fourth-order valence-corrected chi connectivity index (χ4v) is 5.44. The smallest absolute Gasteiger partial charge is 0.265 e. The highest BCUT2D eigenvalue weighted by molar-refractivity contribution is 7.17. The van der Waals surface area contributed by atoms with Gasteiger partial charge < -0.3 is 9.80 Å². The molecule has 0 spiro atoms. The van der Waals surface area contributed by atoms with Gasteiger partial charge in [0.25, 0.3) is 5.91 Å². The number of benzene rings is 2. The van der Waals surface area contributed by atoms with Gasteiger partial charge in [-0.3, -0.25) is 9.59 Å². The number of aromatic nitrogens is 1. The number of hydrogen-bond donors (Lipinski definition) is 0. The van der Waals surface area contributed by atoms with Crippen molar-refractivity contribution in [1.29, 1.82) is 0 Å². The van der Waals surface area contributed by atoms with Gasteiger partial charge in [-0.1, -0.05) is 54.1 Å². The standard InChI is InChI=1S/C27H31N3O2S/c1-19-12-13-23(20(2)18-19)26-28-21(3)25(33-26)27(32)30-16-14-29(15-17-30)24(31)11-7-10-22-8-5-4-6-9-22/h4-6,8-9,12-13,18H,7,10-11,14-17H2,1-3H3. The molecule has 0 atom stereocenters. The molecule has 1 aromatic heterocycles. The molecule has 0 aliphatic carbocycles. The van der Waals surface area contributed by atoms with Gasteiger partial charge in [0.05, 0.1) is 5.69 Å². The van der Waals surface area contributed by atoms with Crippen molar-refractivity contribution in [1.82, 2.24) is 14.8 Å². The molecule has 0 saturated carbocycles. The van der Waals surface area contributed by atoms with Crippen LogP contribution in [-0.2, 0) is 11.2 Å². The van der Waals surface area contributed by atoms with Crippen molar-refractivity contribution in [2.45, 2.75) is 40.0 Å². The van der Waals surface area contributed by atoms with Crippen LogP contribution >= 0.6 is 11.3 Å². The quantitative estimate of drug-likeness (QED) is 0.517. The molecule has 1 saturated heterocycles. The van der Waals surface area contributed by atoms with E-state index in [1.807, 2.05) is 34.9 Å². The lowest BCUT2D eigenvalue weighted by molar-refractivity contribution is -0.132. The molecule has 3 aromatic rings. The summed E-state index contributed by atoms with van der Waals surface area (Å²) in [5.74, 6) is 0.210. The van der Waals surface area contributed by atoms with Crippen molar-refractivity contribution in [3.8, 4) is 10.6 Å². The van der Waals surface area contributed by atoms with Gasteiger partial charge in [-0.15, -0.1) is 11.3 Å². The first-order chi connectivity index (χ1) is 15.9. The van der Waals surface area contributed by atoms with E-state index in [1.165, 1.54) is 28.0 Å². The Morgan fingerprint density at radius 1 is 0.939 bits per heavy atom. The Hall–Kier alpha value is -2.99. The van der Waals surface area contributed by atoms with Crippen molar-refractivity contribution in [2.24, 2.45) is 0 Å². The third-order valence-electron chi connectivity index (χ3n) is 6.22. The maximum Gasteiger partial charge on any atom is 0.265 e. The molecular weight excluding hydrogens is 430 g/mol. The van der Waals surface area contributed by atoms with Crippen molar-refractivity contribution in [2.75, 3.05) is 26.2 Å². The summed E-state index contributed by atoms with van der Waals surface area (Å²) in [6, 6.07) is 16.6. The van der Waals surface area contributed by atoms with E-state index in [2.05, 4.69) is 44.2 Å². The number of carbonyl (C=O) groups is 2. The van der Waals surface area contributed by atoms with Gasteiger partial charge in [-0.25, -0.2) is 4.98 Å². The van der Waals surface area contributed by atoms with Crippen LogP contribution in [-0.4, -0.2) is 52.8 Å². The fourth-order valence-electron chi connectivity index (χ4n) is 4.31. The minimum absolute atomic E-state index is 0.0252. The van der Waals surface area contributed by atoms with Crippen molar-refractivity contribution in [3.63, 3.8) is 0 Å². The average Bonchev–Trinajstić information content (AvgIpc) is 3.20. The third kappa shape index (κ3) is 5.50. The van der Waals surface area contributed by atoms with Crippen LogP contribution < -0.4 is 0 Å². The lowest BCUT2D eigenvalue weighted by atomic mass is 10.1. The topological polar surface area (TPSA) is 53.5 Å². The molecule has 4 rings (SSSR count). The maximum atomic E-state index is 13.2. The zero-order chi connectivity index (χ0) is 23.4. The minimum Gasteiger partial charge on any atom is -0.339 e. The first kappa shape index (κ1) is 23.2. The van der Waals surface area contributed by atoms with E-state index in [1.54, 1.807) is 0 Å². The molecule has 33 heavy (non-hydrogen) atoms. The number of aryl methyl sites for hydroxylation is 4. The summed E-state index contributed by atoms with van der Waals surface area (Å²) in [6.45, 7) is 8.39. The number of nitrogens with zero attached hydrogens (tertiary/aromatic N) is 3. The molecule has 2 amide bonds. The second-order valence-corrected chi connectivity index (χ2v) is 9.76. The van der Waals surface area contributed by atoms with Crippen LogP contribution in [0.1, 0.15) is 44.9 Å². The maximum absolute atomic E-state index is 13.2. The van der Waals surface area contributed by atoms with Crippen LogP contribution in [0, 0.1) is 20.8 Å². The second kappa shape index (κ2) is 10.3. The van der Waals surface area contributed by atoms with Gasteiger partial charge in [0.1, 0.15) is 9.88 Å². The summed E-state index contributed by atoms with van der Waals surface area (Å²) in [7, 11) is 0. The van der Waals surface area contributed by atoms with E-state index in [0.717, 1.165) is 29.1 Å². The van der Waals surface area contributed by atoms with Gasteiger partial charge in [0.2, 0.25) is 5.91 Å². The monoisotopic (exact) mass is 461 g/mol. The van der Waals surface area contributed by atoms with Gasteiger partial charge in [0.15, 0.2) is 0 Å². The average molecular weight is 462 g/mol. The molecule has 172 valence electrons. The molecule has 0 unspecified atom stereocenters. The number of thiazole rings is 1. The van der Waals surface area contributed by atoms with Gasteiger partial charge in [0, 0.05) is 38.2 Å². The fraction of sp³-hybridized carbons (Fsp3) is 0.370. The van der Waals surface area contributed by atoms with E-state index < -0.39 is 0 Å². The predicted molar refractivity (Wildman–Crippen MR) is 134 cm³/mol. The second-order valence-electron chi connectivity index (χ2n) is 8.76. The van der Waals surface area contributed by atoms with E-state index >= 15 is 0 Å². The van der Waals surface area contributed by atoms with E-state index in [4.69, 9.17) is 4.98 Å². The molecule has 0 radical (unpaired) electrons. The Morgan fingerprint density at radius 2 is 1.64 bits per heavy atom. The van der Waals surface area contributed by atoms with Crippen LogP contribution in [0.25, 0.3) is 10.6 Å². The highest BCUT2D eigenvalue weighted by Crippen LogP contribution is 2.31. The Labute approximate surface area is 200 Å². The van der Waals surface area contributed by atoms with E-state index in [9.17, 15) is 9.59 Å². The Bertz CT molecular complexity index is 1130. The number of piperazine rings is 1. The highest BCUT2D eigenvalue weighted by atomic mass is 32.1. The summed E-state index contributed by atoms with van der Waals surface area (Å²) in [4.78, 5) is 35.0. The summed E-state index contributed by atoms with van der Waals surface area (Å²) in [5, 5.41) is 0.889. The third-order valence-corrected chi connectivity index (χ3v) is 7.40. The molecule has 5 nitrogen and oxygen atoms in total. The molecule has 1 aliphatic rings. The molecule has 2 heterocycles. The normalized spacial score (nSPS) is 13.9. The molecule has 1 fully saturated rings. The van der Waals surface area contributed by atoms with Crippen molar-refractivity contribution < 1.29 is 9.59 Å². The Kier molecular flexibility index (Phi) is 7.23. The van der Waals surface area contributed by atoms with Gasteiger partial charge in [-0.05, 0) is 44.7 Å². The largest absolute Gasteiger partial charge is 0.339 e. The van der Waals surface area contributed by atoms with Gasteiger partial charge >= 0.3 is 0 Å². The van der Waals surface area contributed by atoms with Crippen LogP contribution in [0.5, 0.6) is 0 Å². The van der Waals surface area contributed by atoms with Crippen molar-refractivity contribution >= 4 is 23.2 Å². The Morgan fingerprint density at radius 3 is 2.33 bits per heavy atom. The summed E-state index contributed by atoms with van der Waals surface area (Å²) in [5.41, 5.74) is 5.51. The zero-order valence-electron chi connectivity index (χ0n) is 19.6. The molecule has 0 N–H and O–H groups in total. The number of hydrogen-bond acceptors (Lipinski definition) is 4. The number of rotatable bonds is 6. The molecule has 0 bridgehead atoms. The van der Waals surface area contributed by atoms with E-state index in [0.29, 0.717) is 37.5 Å². The Balaban J connectivity index is 1.32. The van der Waals surface area contributed by atoms with Gasteiger partial charge in [-0.2, -0.15) is 0 Å². The van der Waals surface area contributed by atoms with Crippen molar-refractivity contribution in [3.05, 3.63) is 75.8 Å². The van der Waals surface area contributed by atoms with Crippen LogP contribution in [0.3, 0.4) is 0 Å². The SMILES string of the molecule is Cc1ccc(-c2nc(C)c(C(=O)N3CCN(C(=O)CCCc4ccccc4)CC3)s2)c(C)c1. The number of amides is 2. The van der Waals surface area contributed by atoms with Crippen LogP contribution in [0.4, 0.5) is 0 Å². The first-order valence-electron chi connectivity index (χ1n) is 11.6. The molecule has 1 aliphatic heterocycles. The molecular formula is C27H31N3O2S. The van der Waals surface area contributed by atoms with E-state index in [-0.39, 0.29) is 11.8 Å². The van der Waals surface area contributed by atoms with Crippen LogP contribution in [0.2, 0.25) is 0 Å². The predicted octanol–water partition coefficient (Wildman–Crippen LogP) is 5.04.